The van der Waals surface area contributed by atoms with Crippen LogP contribution in [0.1, 0.15) is 55.0 Å². The van der Waals surface area contributed by atoms with E-state index in [-0.39, 0.29) is 35.3 Å². The first-order valence-corrected chi connectivity index (χ1v) is 12.1. The molecule has 1 saturated heterocycles. The number of carbonyl (C=O) groups is 2. The van der Waals surface area contributed by atoms with Crippen LogP contribution in [0.5, 0.6) is 17.2 Å². The number of aliphatic hydroxyl groups excluding tert-OH is 1. The van der Waals surface area contributed by atoms with Crippen molar-refractivity contribution in [3.8, 4) is 17.2 Å². The highest BCUT2D eigenvalue weighted by Crippen LogP contribution is 2.43. The SMILES string of the molecule is CCOc1cc(C2/C(=C(\O)c3cc(C(C)C)c(OC)cc3C)C(=O)C(=O)N2CCN(C)C)ccc1O. The summed E-state index contributed by atoms with van der Waals surface area (Å²) in [6.45, 7) is 8.80. The molecule has 0 radical (unpaired) electrons. The largest absolute Gasteiger partial charge is 0.507 e. The molecule has 1 heterocycles. The lowest BCUT2D eigenvalue weighted by Crippen LogP contribution is -2.35. The molecule has 0 saturated carbocycles. The van der Waals surface area contributed by atoms with Crippen LogP contribution in [0.4, 0.5) is 0 Å². The van der Waals surface area contributed by atoms with Crippen molar-refractivity contribution >= 4 is 17.4 Å². The van der Waals surface area contributed by atoms with Crippen LogP contribution < -0.4 is 9.47 Å². The van der Waals surface area contributed by atoms with Crippen LogP contribution >= 0.6 is 0 Å². The molecule has 3 rings (SSSR count). The zero-order valence-electron chi connectivity index (χ0n) is 22.1. The first-order chi connectivity index (χ1) is 17.0. The Morgan fingerprint density at radius 3 is 2.42 bits per heavy atom. The van der Waals surface area contributed by atoms with Crippen molar-refractivity contribution < 1.29 is 29.3 Å². The van der Waals surface area contributed by atoms with Crippen LogP contribution in [0.3, 0.4) is 0 Å². The molecule has 0 aromatic heterocycles. The Labute approximate surface area is 212 Å². The van der Waals surface area contributed by atoms with Crippen LogP contribution in [0.2, 0.25) is 0 Å². The highest BCUT2D eigenvalue weighted by Gasteiger charge is 2.46. The van der Waals surface area contributed by atoms with Crippen molar-refractivity contribution in [3.63, 3.8) is 0 Å². The first-order valence-electron chi connectivity index (χ1n) is 12.1. The number of ketones is 1. The van der Waals surface area contributed by atoms with Gasteiger partial charge in [-0.05, 0) is 74.8 Å². The second-order valence-corrected chi connectivity index (χ2v) is 9.52. The van der Waals surface area contributed by atoms with Crippen molar-refractivity contribution in [2.45, 2.75) is 39.7 Å². The van der Waals surface area contributed by atoms with Gasteiger partial charge in [-0.2, -0.15) is 0 Å². The number of likely N-dealkylation sites (tertiary alicyclic amines) is 1. The van der Waals surface area contributed by atoms with Crippen LogP contribution in [0.25, 0.3) is 5.76 Å². The molecule has 8 nitrogen and oxygen atoms in total. The number of nitrogens with zero attached hydrogens (tertiary/aromatic N) is 2. The summed E-state index contributed by atoms with van der Waals surface area (Å²) in [7, 11) is 5.36. The Kier molecular flexibility index (Phi) is 8.30. The van der Waals surface area contributed by atoms with E-state index in [1.165, 1.54) is 11.0 Å². The van der Waals surface area contributed by atoms with Crippen LogP contribution in [-0.4, -0.2) is 72.6 Å². The van der Waals surface area contributed by atoms with Crippen LogP contribution in [0.15, 0.2) is 35.9 Å². The Hall–Kier alpha value is -3.52. The van der Waals surface area contributed by atoms with E-state index in [9.17, 15) is 19.8 Å². The van der Waals surface area contributed by atoms with Crippen molar-refractivity contribution in [2.75, 3.05) is 40.9 Å². The highest BCUT2D eigenvalue weighted by molar-refractivity contribution is 6.46. The molecule has 8 heteroatoms. The average Bonchev–Trinajstić information content (AvgIpc) is 3.08. The number of Topliss-reactive ketones (excluding diaryl/α,β-unsaturated/α-hetero) is 1. The summed E-state index contributed by atoms with van der Waals surface area (Å²) in [6.07, 6.45) is 0. The van der Waals surface area contributed by atoms with Gasteiger partial charge in [0.1, 0.15) is 11.5 Å². The number of phenolic OH excluding ortho intramolecular Hbond substituents is 1. The van der Waals surface area contributed by atoms with Gasteiger partial charge in [0.25, 0.3) is 11.7 Å². The molecule has 1 amide bonds. The Morgan fingerprint density at radius 2 is 1.83 bits per heavy atom. The molecule has 36 heavy (non-hydrogen) atoms. The van der Waals surface area contributed by atoms with Crippen molar-refractivity contribution in [3.05, 3.63) is 58.2 Å². The Bertz CT molecular complexity index is 1180. The lowest BCUT2D eigenvalue weighted by atomic mass is 9.91. The normalized spacial score (nSPS) is 17.4. The van der Waals surface area contributed by atoms with Gasteiger partial charge in [-0.3, -0.25) is 9.59 Å². The smallest absolute Gasteiger partial charge is 0.295 e. The summed E-state index contributed by atoms with van der Waals surface area (Å²) < 4.78 is 11.1. The van der Waals surface area contributed by atoms with Crippen molar-refractivity contribution in [2.24, 2.45) is 0 Å². The molecule has 0 bridgehead atoms. The number of hydrogen-bond donors (Lipinski definition) is 2. The summed E-state index contributed by atoms with van der Waals surface area (Å²) >= 11 is 0. The number of phenols is 1. The molecule has 2 N–H and O–H groups in total. The van der Waals surface area contributed by atoms with Gasteiger partial charge >= 0.3 is 0 Å². The zero-order valence-corrected chi connectivity index (χ0v) is 22.1. The lowest BCUT2D eigenvalue weighted by Gasteiger charge is -2.27. The van der Waals surface area contributed by atoms with Crippen LogP contribution in [0, 0.1) is 6.92 Å². The molecule has 1 atom stereocenters. The maximum Gasteiger partial charge on any atom is 0.295 e. The zero-order chi connectivity index (χ0) is 26.7. The van der Waals surface area contributed by atoms with E-state index >= 15 is 0 Å². The van der Waals surface area contributed by atoms with Crippen LogP contribution in [-0.2, 0) is 9.59 Å². The predicted octanol–water partition coefficient (Wildman–Crippen LogP) is 4.21. The van der Waals surface area contributed by atoms with E-state index in [1.807, 2.05) is 51.9 Å². The number of hydrogen-bond acceptors (Lipinski definition) is 7. The number of methoxy groups -OCH3 is 1. The third-order valence-electron chi connectivity index (χ3n) is 6.38. The number of amides is 1. The summed E-state index contributed by atoms with van der Waals surface area (Å²) in [5, 5.41) is 21.8. The van der Waals surface area contributed by atoms with Gasteiger partial charge in [-0.1, -0.05) is 19.9 Å². The molecule has 2 aromatic rings. The number of benzene rings is 2. The molecule has 1 aliphatic heterocycles. The van der Waals surface area contributed by atoms with E-state index in [0.29, 0.717) is 35.6 Å². The fraction of sp³-hybridized carbons (Fsp3) is 0.429. The lowest BCUT2D eigenvalue weighted by molar-refractivity contribution is -0.140. The highest BCUT2D eigenvalue weighted by atomic mass is 16.5. The molecular formula is C28H36N2O6. The number of ether oxygens (including phenoxy) is 2. The minimum Gasteiger partial charge on any atom is -0.507 e. The fourth-order valence-corrected chi connectivity index (χ4v) is 4.46. The molecule has 1 fully saturated rings. The number of carbonyl (C=O) groups excluding carboxylic acids is 2. The Morgan fingerprint density at radius 1 is 1.14 bits per heavy atom. The number of likely N-dealkylation sites (N-methyl/N-ethyl adjacent to an activating group) is 1. The van der Waals surface area contributed by atoms with Crippen molar-refractivity contribution in [1.82, 2.24) is 9.80 Å². The summed E-state index contributed by atoms with van der Waals surface area (Å²) in [6, 6.07) is 7.54. The molecule has 1 aliphatic rings. The summed E-state index contributed by atoms with van der Waals surface area (Å²) in [5.41, 5.74) is 2.64. The van der Waals surface area contributed by atoms with Gasteiger partial charge in [0, 0.05) is 18.7 Å². The number of aliphatic hydroxyl groups is 1. The standard InChI is InChI=1S/C28H36N2O6/c1-8-36-23-14-18(9-10-21(23)31)25-24(27(33)28(34)30(25)12-11-29(5)6)26(32)20-15-19(16(2)3)22(35-7)13-17(20)4/h9-10,13-16,25,31-32H,8,11-12H2,1-7H3/b26-24+. The van der Waals surface area contributed by atoms with Gasteiger partial charge in [-0.15, -0.1) is 0 Å². The molecule has 194 valence electrons. The monoisotopic (exact) mass is 496 g/mol. The van der Waals surface area contributed by atoms with Crippen molar-refractivity contribution in [1.29, 1.82) is 0 Å². The second kappa shape index (κ2) is 11.0. The predicted molar refractivity (Wildman–Crippen MR) is 139 cm³/mol. The number of aryl methyl sites for hydroxylation is 1. The number of rotatable bonds is 9. The van der Waals surface area contributed by atoms with Gasteiger partial charge in [0.15, 0.2) is 11.5 Å². The molecule has 0 spiro atoms. The summed E-state index contributed by atoms with van der Waals surface area (Å²) in [5.74, 6) is -0.653. The number of aromatic hydroxyl groups is 1. The molecule has 0 aliphatic carbocycles. The van der Waals surface area contributed by atoms with E-state index < -0.39 is 17.7 Å². The molecule has 1 unspecified atom stereocenters. The maximum atomic E-state index is 13.4. The van der Waals surface area contributed by atoms with Gasteiger partial charge in [0.05, 0.1) is 25.3 Å². The molecular weight excluding hydrogens is 460 g/mol. The third-order valence-corrected chi connectivity index (χ3v) is 6.38. The van der Waals surface area contributed by atoms with E-state index in [2.05, 4.69) is 0 Å². The Balaban J connectivity index is 2.26. The quantitative estimate of drug-likeness (QED) is 0.305. The van der Waals surface area contributed by atoms with E-state index in [0.717, 1.165) is 5.56 Å². The fourth-order valence-electron chi connectivity index (χ4n) is 4.46. The minimum absolute atomic E-state index is 0.00914. The first kappa shape index (κ1) is 27.1. The minimum atomic E-state index is -0.839. The topological polar surface area (TPSA) is 99.5 Å². The maximum absolute atomic E-state index is 13.4. The second-order valence-electron chi connectivity index (χ2n) is 9.52. The van der Waals surface area contributed by atoms with Gasteiger partial charge in [-0.25, -0.2) is 0 Å². The van der Waals surface area contributed by atoms with E-state index in [1.54, 1.807) is 26.2 Å². The molecule has 2 aromatic carbocycles. The van der Waals surface area contributed by atoms with Gasteiger partial charge < -0.3 is 29.5 Å². The van der Waals surface area contributed by atoms with E-state index in [4.69, 9.17) is 9.47 Å². The third kappa shape index (κ3) is 5.18. The van der Waals surface area contributed by atoms with Gasteiger partial charge in [0.2, 0.25) is 0 Å². The average molecular weight is 497 g/mol. The summed E-state index contributed by atoms with van der Waals surface area (Å²) in [4.78, 5) is 29.9.